The smallest absolute Gasteiger partial charge is 0.123 e. The van der Waals surface area contributed by atoms with Crippen LogP contribution in [0.15, 0.2) is 24.3 Å². The molecule has 0 bridgehead atoms. The van der Waals surface area contributed by atoms with E-state index in [0.29, 0.717) is 6.61 Å². The van der Waals surface area contributed by atoms with Crippen molar-refractivity contribution in [2.45, 2.75) is 25.9 Å². The van der Waals surface area contributed by atoms with E-state index in [-0.39, 0.29) is 5.60 Å². The van der Waals surface area contributed by atoms with Crippen molar-refractivity contribution in [2.24, 2.45) is 0 Å². The largest absolute Gasteiger partial charge is 0.494 e. The number of epoxide rings is 1. The van der Waals surface area contributed by atoms with Crippen molar-refractivity contribution in [3.63, 3.8) is 0 Å². The van der Waals surface area contributed by atoms with Gasteiger partial charge >= 0.3 is 0 Å². The first-order valence-electron chi connectivity index (χ1n) is 5.71. The molecule has 0 radical (unpaired) electrons. The zero-order valence-corrected chi connectivity index (χ0v) is 9.86. The Morgan fingerprint density at radius 1 is 1.19 bits per heavy atom. The highest BCUT2D eigenvalue weighted by atomic mass is 16.6. The van der Waals surface area contributed by atoms with Gasteiger partial charge in [-0.05, 0) is 37.6 Å². The van der Waals surface area contributed by atoms with Crippen molar-refractivity contribution in [3.8, 4) is 11.5 Å². The number of benzene rings is 1. The topological polar surface area (TPSA) is 31.0 Å². The summed E-state index contributed by atoms with van der Waals surface area (Å²) < 4.78 is 16.3. The molecule has 1 fully saturated rings. The fourth-order valence-corrected chi connectivity index (χ4v) is 1.29. The third kappa shape index (κ3) is 3.14. The molecule has 1 aliphatic rings. The van der Waals surface area contributed by atoms with Crippen LogP contribution in [0.1, 0.15) is 20.3 Å². The van der Waals surface area contributed by atoms with Crippen molar-refractivity contribution < 1.29 is 14.2 Å². The van der Waals surface area contributed by atoms with Crippen LogP contribution in [-0.2, 0) is 4.74 Å². The molecule has 0 amide bonds. The Morgan fingerprint density at radius 2 is 1.75 bits per heavy atom. The van der Waals surface area contributed by atoms with Crippen LogP contribution in [0.5, 0.6) is 11.5 Å². The molecule has 1 unspecified atom stereocenters. The Kier molecular flexibility index (Phi) is 3.34. The first kappa shape index (κ1) is 11.3. The van der Waals surface area contributed by atoms with Gasteiger partial charge in [-0.25, -0.2) is 0 Å². The van der Waals surface area contributed by atoms with Gasteiger partial charge in [0.1, 0.15) is 23.7 Å². The van der Waals surface area contributed by atoms with Crippen molar-refractivity contribution >= 4 is 0 Å². The third-order valence-electron chi connectivity index (χ3n) is 2.48. The summed E-state index contributed by atoms with van der Waals surface area (Å²) in [6.45, 7) is 6.30. The highest BCUT2D eigenvalue weighted by Crippen LogP contribution is 2.27. The molecule has 0 aliphatic carbocycles. The molecule has 16 heavy (non-hydrogen) atoms. The average Bonchev–Trinajstić information content (AvgIpc) is 3.04. The van der Waals surface area contributed by atoms with Crippen LogP contribution >= 0.6 is 0 Å². The summed E-state index contributed by atoms with van der Waals surface area (Å²) in [6.07, 6.45) is 1.02. The summed E-state index contributed by atoms with van der Waals surface area (Å²) in [5, 5.41) is 0. The zero-order valence-electron chi connectivity index (χ0n) is 9.86. The van der Waals surface area contributed by atoms with Crippen LogP contribution in [0.4, 0.5) is 0 Å². The second-order valence-electron chi connectivity index (χ2n) is 4.35. The van der Waals surface area contributed by atoms with Gasteiger partial charge in [0.2, 0.25) is 0 Å². The lowest BCUT2D eigenvalue weighted by Gasteiger charge is -2.09. The lowest BCUT2D eigenvalue weighted by molar-refractivity contribution is 0.202. The summed E-state index contributed by atoms with van der Waals surface area (Å²) in [7, 11) is 0. The molecule has 1 aromatic carbocycles. The molecule has 0 saturated carbocycles. The van der Waals surface area contributed by atoms with Crippen molar-refractivity contribution in [1.29, 1.82) is 0 Å². The minimum Gasteiger partial charge on any atom is -0.494 e. The fourth-order valence-electron chi connectivity index (χ4n) is 1.29. The monoisotopic (exact) mass is 222 g/mol. The standard InChI is InChI=1S/C13H18O3/c1-3-8-14-11-4-6-12(7-5-11)15-9-13(2)10-16-13/h4-7H,3,8-10H2,1-2H3. The van der Waals surface area contributed by atoms with Crippen LogP contribution < -0.4 is 9.47 Å². The lowest BCUT2D eigenvalue weighted by Crippen LogP contribution is -2.16. The van der Waals surface area contributed by atoms with Gasteiger partial charge in [-0.2, -0.15) is 0 Å². The Bertz CT molecular complexity index is 328. The number of hydrogen-bond acceptors (Lipinski definition) is 3. The third-order valence-corrected chi connectivity index (χ3v) is 2.48. The van der Waals surface area contributed by atoms with Crippen LogP contribution in [0.25, 0.3) is 0 Å². The Hall–Kier alpha value is -1.22. The molecule has 3 heteroatoms. The Balaban J connectivity index is 1.81. The predicted molar refractivity (Wildman–Crippen MR) is 62.1 cm³/mol. The second kappa shape index (κ2) is 4.74. The molecule has 1 aliphatic heterocycles. The number of rotatable bonds is 6. The van der Waals surface area contributed by atoms with E-state index in [4.69, 9.17) is 14.2 Å². The Morgan fingerprint density at radius 3 is 2.25 bits per heavy atom. The molecule has 88 valence electrons. The van der Waals surface area contributed by atoms with E-state index in [0.717, 1.165) is 31.1 Å². The molecular formula is C13H18O3. The maximum atomic E-state index is 5.61. The Labute approximate surface area is 96.3 Å². The fraction of sp³-hybridized carbons (Fsp3) is 0.538. The van der Waals surface area contributed by atoms with Crippen molar-refractivity contribution in [2.75, 3.05) is 19.8 Å². The molecule has 1 aromatic rings. The summed E-state index contributed by atoms with van der Waals surface area (Å²) in [5.41, 5.74) is -0.0582. The molecular weight excluding hydrogens is 204 g/mol. The van der Waals surface area contributed by atoms with Gasteiger partial charge in [-0.15, -0.1) is 0 Å². The molecule has 0 aromatic heterocycles. The van der Waals surface area contributed by atoms with Gasteiger partial charge in [-0.3, -0.25) is 0 Å². The van der Waals surface area contributed by atoms with E-state index in [1.54, 1.807) is 0 Å². The normalized spacial score (nSPS) is 22.9. The molecule has 0 N–H and O–H groups in total. The molecule has 1 saturated heterocycles. The zero-order chi connectivity index (χ0) is 11.4. The molecule has 1 atom stereocenters. The van der Waals surface area contributed by atoms with Gasteiger partial charge in [0.25, 0.3) is 0 Å². The SMILES string of the molecule is CCCOc1ccc(OCC2(C)CO2)cc1. The molecule has 1 heterocycles. The molecule has 3 nitrogen and oxygen atoms in total. The first-order chi connectivity index (χ1) is 7.72. The quantitative estimate of drug-likeness (QED) is 0.693. The van der Waals surface area contributed by atoms with Crippen molar-refractivity contribution in [1.82, 2.24) is 0 Å². The predicted octanol–water partition coefficient (Wildman–Crippen LogP) is 2.64. The van der Waals surface area contributed by atoms with Gasteiger partial charge in [0, 0.05) is 0 Å². The summed E-state index contributed by atoms with van der Waals surface area (Å²) in [4.78, 5) is 0. The molecule has 2 rings (SSSR count). The van der Waals surface area contributed by atoms with Gasteiger partial charge in [0.05, 0.1) is 13.2 Å². The van der Waals surface area contributed by atoms with Crippen LogP contribution in [0, 0.1) is 0 Å². The summed E-state index contributed by atoms with van der Waals surface area (Å²) in [5.74, 6) is 1.75. The second-order valence-corrected chi connectivity index (χ2v) is 4.35. The van der Waals surface area contributed by atoms with E-state index in [9.17, 15) is 0 Å². The van der Waals surface area contributed by atoms with E-state index in [2.05, 4.69) is 6.92 Å². The van der Waals surface area contributed by atoms with E-state index >= 15 is 0 Å². The van der Waals surface area contributed by atoms with Crippen molar-refractivity contribution in [3.05, 3.63) is 24.3 Å². The van der Waals surface area contributed by atoms with Gasteiger partial charge in [-0.1, -0.05) is 6.92 Å². The maximum Gasteiger partial charge on any atom is 0.123 e. The molecule has 0 spiro atoms. The number of hydrogen-bond donors (Lipinski definition) is 0. The van der Waals surface area contributed by atoms with Crippen LogP contribution in [0.2, 0.25) is 0 Å². The summed E-state index contributed by atoms with van der Waals surface area (Å²) >= 11 is 0. The highest BCUT2D eigenvalue weighted by Gasteiger charge is 2.40. The first-order valence-corrected chi connectivity index (χ1v) is 5.71. The minimum absolute atomic E-state index is 0.0582. The highest BCUT2D eigenvalue weighted by molar-refractivity contribution is 5.31. The van der Waals surface area contributed by atoms with Crippen LogP contribution in [-0.4, -0.2) is 25.4 Å². The number of ether oxygens (including phenoxy) is 3. The van der Waals surface area contributed by atoms with E-state index in [1.165, 1.54) is 0 Å². The lowest BCUT2D eigenvalue weighted by atomic mass is 10.2. The van der Waals surface area contributed by atoms with Gasteiger partial charge < -0.3 is 14.2 Å². The van der Waals surface area contributed by atoms with E-state index < -0.39 is 0 Å². The van der Waals surface area contributed by atoms with Crippen LogP contribution in [0.3, 0.4) is 0 Å². The minimum atomic E-state index is -0.0582. The maximum absolute atomic E-state index is 5.61. The van der Waals surface area contributed by atoms with E-state index in [1.807, 2.05) is 31.2 Å². The average molecular weight is 222 g/mol. The van der Waals surface area contributed by atoms with Gasteiger partial charge in [0.15, 0.2) is 0 Å². The summed E-state index contributed by atoms with van der Waals surface area (Å²) in [6, 6.07) is 7.72.